The van der Waals surface area contributed by atoms with Crippen molar-refractivity contribution in [1.29, 1.82) is 0 Å². The van der Waals surface area contributed by atoms with Gasteiger partial charge in [-0.3, -0.25) is 19.4 Å². The summed E-state index contributed by atoms with van der Waals surface area (Å²) in [6.45, 7) is 10.1. The minimum atomic E-state index is -0.691. The van der Waals surface area contributed by atoms with Gasteiger partial charge in [0.05, 0.1) is 17.9 Å². The lowest BCUT2D eigenvalue weighted by Crippen LogP contribution is -2.42. The van der Waals surface area contributed by atoms with E-state index in [1.807, 2.05) is 79.9 Å². The van der Waals surface area contributed by atoms with Gasteiger partial charge in [0.2, 0.25) is 5.95 Å². The molecule has 2 saturated heterocycles. The van der Waals surface area contributed by atoms with Crippen LogP contribution >= 0.6 is 0 Å². The molecule has 4 heterocycles. The number of benzene rings is 2. The van der Waals surface area contributed by atoms with Gasteiger partial charge in [0.25, 0.3) is 6.47 Å². The van der Waals surface area contributed by atoms with Crippen molar-refractivity contribution in [2.75, 3.05) is 31.1 Å². The number of halogens is 1. The number of likely N-dealkylation sites (tertiary alicyclic amines) is 1. The first-order valence-corrected chi connectivity index (χ1v) is 19.5. The number of carbonyl (C=O) groups is 2. The Morgan fingerprint density at radius 1 is 0.964 bits per heavy atom. The molecular weight excluding hydrogens is 714 g/mol. The second-order valence-electron chi connectivity index (χ2n) is 15.7. The molecule has 3 aliphatic rings. The van der Waals surface area contributed by atoms with E-state index >= 15 is 0 Å². The predicted molar refractivity (Wildman–Crippen MR) is 216 cm³/mol. The number of carbonyl (C=O) groups excluding carboxylic acids is 1. The summed E-state index contributed by atoms with van der Waals surface area (Å²) < 4.78 is 22.3. The van der Waals surface area contributed by atoms with E-state index in [2.05, 4.69) is 42.8 Å². The van der Waals surface area contributed by atoms with Gasteiger partial charge in [0.1, 0.15) is 23.9 Å². The average molecular weight is 768 g/mol. The summed E-state index contributed by atoms with van der Waals surface area (Å²) in [4.78, 5) is 31.4. The number of hydrogen-bond acceptors (Lipinski definition) is 9. The zero-order chi connectivity index (χ0) is 39.7. The maximum absolute atomic E-state index is 13.6. The number of urea groups is 1. The minimum Gasteiger partial charge on any atom is -0.484 e. The average Bonchev–Trinajstić information content (AvgIpc) is 3.61. The molecule has 13 nitrogen and oxygen atoms in total. The summed E-state index contributed by atoms with van der Waals surface area (Å²) in [5.74, 6) is 1.96. The molecule has 298 valence electrons. The number of alkyl halides is 1. The summed E-state index contributed by atoms with van der Waals surface area (Å²) >= 11 is 0. The summed E-state index contributed by atoms with van der Waals surface area (Å²) in [6.07, 6.45) is 9.00. The molecule has 1 aliphatic carbocycles. The number of allylic oxidation sites excluding steroid dienone is 1. The topological polar surface area (TPSA) is 163 Å². The molecule has 0 saturated carbocycles. The molecule has 4 aromatic rings. The fraction of sp³-hybridized carbons (Fsp3) is 0.452. The first kappa shape index (κ1) is 40.2. The molecule has 2 amide bonds. The number of piperidine rings is 2. The van der Waals surface area contributed by atoms with Gasteiger partial charge in [0, 0.05) is 49.9 Å². The number of rotatable bonds is 8. The quantitative estimate of drug-likeness (QED) is 0.0824. The normalized spacial score (nSPS) is 19.8. The molecule has 7 rings (SSSR count). The lowest BCUT2D eigenvalue weighted by atomic mass is 9.85. The minimum absolute atomic E-state index is 0.176. The van der Waals surface area contributed by atoms with Crippen LogP contribution in [0.4, 0.5) is 20.8 Å². The summed E-state index contributed by atoms with van der Waals surface area (Å²) in [5, 5.41) is 21.9. The van der Waals surface area contributed by atoms with Crippen molar-refractivity contribution in [3.05, 3.63) is 95.3 Å². The van der Waals surface area contributed by atoms with E-state index in [4.69, 9.17) is 25.4 Å². The number of fused-ring (bicyclic) bond motifs is 2. The van der Waals surface area contributed by atoms with E-state index in [1.165, 1.54) is 6.42 Å². The highest BCUT2D eigenvalue weighted by molar-refractivity contribution is 6.05. The SMILES string of the molecule is CC(C)(C)/C(N)=C/C(=Nc1ccc(CN2CCC(F)CC2)cc1)NC(=O)N[C@H]1CC[C@@H](Oc2ccc3nnc(N4CCCCC4)n3c2)c2ccccc21.O=CO. The lowest BCUT2D eigenvalue weighted by molar-refractivity contribution is -0.122. The first-order valence-electron chi connectivity index (χ1n) is 19.5. The van der Waals surface area contributed by atoms with Gasteiger partial charge in [0.15, 0.2) is 5.65 Å². The van der Waals surface area contributed by atoms with Crippen LogP contribution in [0.1, 0.15) is 94.6 Å². The second-order valence-corrected chi connectivity index (χ2v) is 15.7. The van der Waals surface area contributed by atoms with Crippen molar-refractivity contribution in [2.24, 2.45) is 16.1 Å². The van der Waals surface area contributed by atoms with E-state index in [0.717, 1.165) is 86.0 Å². The molecule has 14 heteroatoms. The summed E-state index contributed by atoms with van der Waals surface area (Å²) in [7, 11) is 0. The molecule has 0 spiro atoms. The Balaban J connectivity index is 0.00000172. The van der Waals surface area contributed by atoms with Crippen molar-refractivity contribution >= 4 is 35.6 Å². The van der Waals surface area contributed by atoms with Gasteiger partial charge in [-0.2, -0.15) is 0 Å². The number of ether oxygens (including phenoxy) is 1. The maximum atomic E-state index is 13.6. The van der Waals surface area contributed by atoms with Crippen LogP contribution in [0.2, 0.25) is 0 Å². The molecular formula is C42H54FN9O4. The first-order chi connectivity index (χ1) is 27.0. The number of pyridine rings is 1. The number of nitrogens with one attached hydrogen (secondary N) is 2. The molecule has 0 radical (unpaired) electrons. The molecule has 0 bridgehead atoms. The number of anilines is 1. The monoisotopic (exact) mass is 767 g/mol. The summed E-state index contributed by atoms with van der Waals surface area (Å²) in [6, 6.07) is 19.4. The van der Waals surface area contributed by atoms with Gasteiger partial charge < -0.3 is 25.8 Å². The Morgan fingerprint density at radius 2 is 1.66 bits per heavy atom. The summed E-state index contributed by atoms with van der Waals surface area (Å²) in [5.41, 5.74) is 11.4. The van der Waals surface area contributed by atoms with Gasteiger partial charge in [-0.05, 0) is 85.9 Å². The van der Waals surface area contributed by atoms with Crippen LogP contribution in [0.25, 0.3) is 5.65 Å². The third kappa shape index (κ3) is 10.4. The number of nitrogens with two attached hydrogens (primary N) is 1. The third-order valence-corrected chi connectivity index (χ3v) is 10.5. The van der Waals surface area contributed by atoms with Crippen molar-refractivity contribution in [3.63, 3.8) is 0 Å². The van der Waals surface area contributed by atoms with E-state index in [1.54, 1.807) is 6.08 Å². The zero-order valence-corrected chi connectivity index (χ0v) is 32.5. The lowest BCUT2D eigenvalue weighted by Gasteiger charge is -2.32. The van der Waals surface area contributed by atoms with Crippen LogP contribution in [0.15, 0.2) is 83.6 Å². The van der Waals surface area contributed by atoms with Crippen molar-refractivity contribution in [2.45, 2.75) is 90.6 Å². The number of amides is 2. The number of aromatic nitrogens is 3. The van der Waals surface area contributed by atoms with Crippen LogP contribution < -0.4 is 26.0 Å². The molecule has 0 unspecified atom stereocenters. The highest BCUT2D eigenvalue weighted by atomic mass is 19.1. The van der Waals surface area contributed by atoms with Crippen LogP contribution in [-0.4, -0.2) is 75.3 Å². The molecule has 2 aliphatic heterocycles. The Labute approximate surface area is 327 Å². The van der Waals surface area contributed by atoms with Gasteiger partial charge >= 0.3 is 6.03 Å². The third-order valence-electron chi connectivity index (χ3n) is 10.5. The van der Waals surface area contributed by atoms with Crippen molar-refractivity contribution < 1.29 is 23.8 Å². The van der Waals surface area contributed by atoms with Crippen molar-refractivity contribution in [1.82, 2.24) is 30.1 Å². The van der Waals surface area contributed by atoms with E-state index in [0.29, 0.717) is 36.5 Å². The van der Waals surface area contributed by atoms with E-state index in [-0.39, 0.29) is 30.1 Å². The zero-order valence-electron chi connectivity index (χ0n) is 32.5. The van der Waals surface area contributed by atoms with Gasteiger partial charge in [-0.15, -0.1) is 10.2 Å². The number of aliphatic imine (C=N–C) groups is 1. The number of amidine groups is 1. The predicted octanol–water partition coefficient (Wildman–Crippen LogP) is 7.23. The molecule has 56 heavy (non-hydrogen) atoms. The Kier molecular flexibility index (Phi) is 13.2. The fourth-order valence-corrected chi connectivity index (χ4v) is 7.33. The fourth-order valence-electron chi connectivity index (χ4n) is 7.33. The molecule has 2 fully saturated rings. The van der Waals surface area contributed by atoms with Crippen molar-refractivity contribution in [3.8, 4) is 5.75 Å². The number of nitrogens with zero attached hydrogens (tertiary/aromatic N) is 6. The Bertz CT molecular complexity index is 2000. The molecule has 2 aromatic heterocycles. The van der Waals surface area contributed by atoms with Crippen LogP contribution in [0.5, 0.6) is 5.75 Å². The smallest absolute Gasteiger partial charge is 0.320 e. The largest absolute Gasteiger partial charge is 0.484 e. The number of carboxylic acid groups (broad SMARTS) is 1. The molecule has 5 N–H and O–H groups in total. The van der Waals surface area contributed by atoms with Gasteiger partial charge in [-0.1, -0.05) is 57.2 Å². The Morgan fingerprint density at radius 3 is 2.36 bits per heavy atom. The highest BCUT2D eigenvalue weighted by Gasteiger charge is 2.30. The van der Waals surface area contributed by atoms with Crippen LogP contribution in [-0.2, 0) is 11.3 Å². The van der Waals surface area contributed by atoms with Crippen LogP contribution in [0, 0.1) is 5.41 Å². The van der Waals surface area contributed by atoms with E-state index < -0.39 is 6.17 Å². The number of hydrogen-bond donors (Lipinski definition) is 4. The molecule has 2 atom stereocenters. The van der Waals surface area contributed by atoms with E-state index in [9.17, 15) is 9.18 Å². The standard InChI is InChI=1S/C41H52FN9O2.CH2O2/c1-41(2,3)36(43)25-37(44-30-13-11-28(12-14-30)26-49-23-19-29(42)20-24-49)46-39(52)45-34-16-17-35(33-10-6-5-9-32(33)34)53-31-15-18-38-47-48-40(51(38)27-31)50-21-7-4-8-22-50;2-1-3/h5-6,9-15,18,25,27,29,34-35H,4,7-8,16-17,19-24,26,43H2,1-3H3,(H2,44,45,46,52);1H,(H,2,3)/b36-25-;/t34-,35+;/m0./s1. The maximum Gasteiger partial charge on any atom is 0.320 e. The second kappa shape index (κ2) is 18.4. The van der Waals surface area contributed by atoms with Gasteiger partial charge in [-0.25, -0.2) is 14.2 Å². The Hall–Kier alpha value is -5.50. The highest BCUT2D eigenvalue weighted by Crippen LogP contribution is 2.39. The molecule has 2 aromatic carbocycles. The van der Waals surface area contributed by atoms with Crippen LogP contribution in [0.3, 0.4) is 0 Å².